The van der Waals surface area contributed by atoms with Gasteiger partial charge in [0, 0.05) is 5.56 Å². The van der Waals surface area contributed by atoms with Crippen molar-refractivity contribution in [3.05, 3.63) is 120 Å². The van der Waals surface area contributed by atoms with E-state index in [9.17, 15) is 8.42 Å². The zero-order valence-corrected chi connectivity index (χ0v) is 18.7. The molecule has 5 heteroatoms. The summed E-state index contributed by atoms with van der Waals surface area (Å²) >= 11 is 0. The first-order valence-corrected chi connectivity index (χ1v) is 12.0. The Labute approximate surface area is 190 Å². The Morgan fingerprint density at radius 1 is 0.781 bits per heavy atom. The van der Waals surface area contributed by atoms with Gasteiger partial charge in [0.2, 0.25) is 0 Å². The number of hydrogen-bond donors (Lipinski definition) is 0. The highest BCUT2D eigenvalue weighted by molar-refractivity contribution is 7.89. The first-order valence-electron chi connectivity index (χ1n) is 10.1. The predicted octanol–water partition coefficient (Wildman–Crippen LogP) is 5.91. The molecule has 0 atom stereocenters. The number of para-hydroxylation sites is 1. The standard InChI is InChI=1S/C27H25NO3S/c1-32(29,30)28-26(20-18-24-13-6-3-7-14-24)21-19-25-16-8-9-17-27(25)31-22-10-15-23-11-4-2-5-12-23/h2-21H,22H2,1H3/b15-10+,20-18+,21-19+,28-26-. The van der Waals surface area contributed by atoms with Crippen LogP contribution in [0.2, 0.25) is 0 Å². The molecule has 3 aromatic rings. The summed E-state index contributed by atoms with van der Waals surface area (Å²) in [5.41, 5.74) is 3.22. The van der Waals surface area contributed by atoms with Crippen LogP contribution < -0.4 is 4.74 Å². The van der Waals surface area contributed by atoms with Gasteiger partial charge in [-0.3, -0.25) is 0 Å². The highest BCUT2D eigenvalue weighted by Gasteiger charge is 2.02. The average Bonchev–Trinajstić information content (AvgIpc) is 2.80. The lowest BCUT2D eigenvalue weighted by Crippen LogP contribution is -1.98. The summed E-state index contributed by atoms with van der Waals surface area (Å²) in [6, 6.07) is 27.2. The minimum absolute atomic E-state index is 0.329. The molecule has 0 saturated heterocycles. The normalized spacial score (nSPS) is 12.7. The maximum atomic E-state index is 11.7. The number of sulfonamides is 1. The first kappa shape index (κ1) is 23.0. The molecule has 0 unspecified atom stereocenters. The van der Waals surface area contributed by atoms with Crippen LogP contribution in [0.1, 0.15) is 16.7 Å². The van der Waals surface area contributed by atoms with Crippen LogP contribution in [-0.4, -0.2) is 27.0 Å². The third kappa shape index (κ3) is 8.20. The number of ether oxygens (including phenoxy) is 1. The Balaban J connectivity index is 1.74. The SMILES string of the molecule is CS(=O)(=O)/N=C(/C=C/c1ccccc1)\C=C\c1ccccc1OC/C=C/c1ccccc1. The Morgan fingerprint density at radius 3 is 2.00 bits per heavy atom. The third-order valence-corrected chi connectivity index (χ3v) is 4.86. The summed E-state index contributed by atoms with van der Waals surface area (Å²) in [5, 5.41) is 0. The third-order valence-electron chi connectivity index (χ3n) is 4.31. The summed E-state index contributed by atoms with van der Waals surface area (Å²) in [6.07, 6.45) is 12.0. The van der Waals surface area contributed by atoms with Gasteiger partial charge in [0.1, 0.15) is 12.4 Å². The molecule has 162 valence electrons. The smallest absolute Gasteiger partial charge is 0.250 e. The van der Waals surface area contributed by atoms with Gasteiger partial charge in [0.25, 0.3) is 10.0 Å². The Hall–Kier alpha value is -3.70. The van der Waals surface area contributed by atoms with Crippen molar-refractivity contribution < 1.29 is 13.2 Å². The van der Waals surface area contributed by atoms with E-state index in [1.54, 1.807) is 18.2 Å². The van der Waals surface area contributed by atoms with Gasteiger partial charge in [-0.2, -0.15) is 4.40 Å². The number of benzene rings is 3. The first-order chi connectivity index (χ1) is 15.5. The van der Waals surface area contributed by atoms with Gasteiger partial charge in [-0.25, -0.2) is 8.42 Å². The fraction of sp³-hybridized carbons (Fsp3) is 0.0741. The number of nitrogens with zero attached hydrogens (tertiary/aromatic N) is 1. The highest BCUT2D eigenvalue weighted by atomic mass is 32.2. The van der Waals surface area contributed by atoms with Crippen molar-refractivity contribution in [2.24, 2.45) is 4.40 Å². The van der Waals surface area contributed by atoms with Gasteiger partial charge in [-0.05, 0) is 41.5 Å². The monoisotopic (exact) mass is 443 g/mol. The average molecular weight is 444 g/mol. The van der Waals surface area contributed by atoms with Crippen LogP contribution in [-0.2, 0) is 10.0 Å². The molecule has 0 aliphatic heterocycles. The molecule has 4 nitrogen and oxygen atoms in total. The van der Waals surface area contributed by atoms with Crippen molar-refractivity contribution in [2.45, 2.75) is 0 Å². The van der Waals surface area contributed by atoms with E-state index >= 15 is 0 Å². The van der Waals surface area contributed by atoms with Crippen LogP contribution in [0.5, 0.6) is 5.75 Å². The lowest BCUT2D eigenvalue weighted by atomic mass is 10.1. The molecule has 0 aliphatic rings. The van der Waals surface area contributed by atoms with Crippen LogP contribution in [0.15, 0.2) is 108 Å². The molecule has 3 rings (SSSR count). The van der Waals surface area contributed by atoms with Crippen molar-refractivity contribution in [2.75, 3.05) is 12.9 Å². The van der Waals surface area contributed by atoms with Gasteiger partial charge >= 0.3 is 0 Å². The molecule has 3 aromatic carbocycles. The largest absolute Gasteiger partial charge is 0.489 e. The Kier molecular flexibility index (Phi) is 8.35. The predicted molar refractivity (Wildman–Crippen MR) is 134 cm³/mol. The highest BCUT2D eigenvalue weighted by Crippen LogP contribution is 2.20. The second-order valence-electron chi connectivity index (χ2n) is 6.99. The summed E-state index contributed by atoms with van der Waals surface area (Å²) in [7, 11) is -3.54. The summed E-state index contributed by atoms with van der Waals surface area (Å²) < 4.78 is 33.2. The van der Waals surface area contributed by atoms with Gasteiger partial charge in [-0.1, -0.05) is 91.0 Å². The summed E-state index contributed by atoms with van der Waals surface area (Å²) in [6.45, 7) is 0.415. The quantitative estimate of drug-likeness (QED) is 0.387. The second kappa shape index (κ2) is 11.6. The molecule has 32 heavy (non-hydrogen) atoms. The minimum Gasteiger partial charge on any atom is -0.489 e. The molecular weight excluding hydrogens is 418 g/mol. The lowest BCUT2D eigenvalue weighted by Gasteiger charge is -2.07. The van der Waals surface area contributed by atoms with Crippen molar-refractivity contribution in [1.82, 2.24) is 0 Å². The summed E-state index contributed by atoms with van der Waals surface area (Å²) in [5.74, 6) is 0.701. The van der Waals surface area contributed by atoms with E-state index in [1.807, 2.05) is 103 Å². The lowest BCUT2D eigenvalue weighted by molar-refractivity contribution is 0.363. The maximum absolute atomic E-state index is 11.7. The molecule has 0 radical (unpaired) electrons. The second-order valence-corrected chi connectivity index (χ2v) is 8.64. The molecule has 0 fully saturated rings. The molecule has 0 amide bonds. The van der Waals surface area contributed by atoms with Gasteiger partial charge in [-0.15, -0.1) is 0 Å². The number of allylic oxidation sites excluding steroid dienone is 2. The molecule has 0 N–H and O–H groups in total. The van der Waals surface area contributed by atoms with Gasteiger partial charge < -0.3 is 4.74 Å². The minimum atomic E-state index is -3.54. The van der Waals surface area contributed by atoms with E-state index < -0.39 is 10.0 Å². The van der Waals surface area contributed by atoms with E-state index in [2.05, 4.69) is 4.40 Å². The Bertz CT molecular complexity index is 1230. The zero-order chi connectivity index (χ0) is 22.7. The van der Waals surface area contributed by atoms with Gasteiger partial charge in [0.05, 0.1) is 12.0 Å². The fourth-order valence-electron chi connectivity index (χ4n) is 2.86. The molecule has 0 heterocycles. The fourth-order valence-corrected chi connectivity index (χ4v) is 3.37. The van der Waals surface area contributed by atoms with Crippen LogP contribution in [0.4, 0.5) is 0 Å². The van der Waals surface area contributed by atoms with Crippen LogP contribution in [0.3, 0.4) is 0 Å². The van der Waals surface area contributed by atoms with Gasteiger partial charge in [0.15, 0.2) is 0 Å². The number of rotatable bonds is 9. The Morgan fingerprint density at radius 2 is 1.34 bits per heavy atom. The van der Waals surface area contributed by atoms with E-state index in [4.69, 9.17) is 4.74 Å². The molecule has 0 aromatic heterocycles. The topological polar surface area (TPSA) is 55.7 Å². The van der Waals surface area contributed by atoms with E-state index in [1.165, 1.54) is 0 Å². The molecular formula is C27H25NO3S. The molecule has 0 spiro atoms. The van der Waals surface area contributed by atoms with Crippen molar-refractivity contribution in [1.29, 1.82) is 0 Å². The van der Waals surface area contributed by atoms with Crippen LogP contribution in [0, 0.1) is 0 Å². The number of hydrogen-bond acceptors (Lipinski definition) is 3. The van der Waals surface area contributed by atoms with Crippen molar-refractivity contribution in [3.63, 3.8) is 0 Å². The zero-order valence-electron chi connectivity index (χ0n) is 17.8. The van der Waals surface area contributed by atoms with Crippen molar-refractivity contribution in [3.8, 4) is 5.75 Å². The van der Waals surface area contributed by atoms with Crippen molar-refractivity contribution >= 4 is 34.0 Å². The van der Waals surface area contributed by atoms with E-state index in [0.717, 1.165) is 22.9 Å². The van der Waals surface area contributed by atoms with E-state index in [-0.39, 0.29) is 0 Å². The van der Waals surface area contributed by atoms with Crippen LogP contribution >= 0.6 is 0 Å². The maximum Gasteiger partial charge on any atom is 0.250 e. The van der Waals surface area contributed by atoms with E-state index in [0.29, 0.717) is 18.1 Å². The summed E-state index contributed by atoms with van der Waals surface area (Å²) in [4.78, 5) is 0. The molecule has 0 aliphatic carbocycles. The molecule has 0 saturated carbocycles. The van der Waals surface area contributed by atoms with Crippen LogP contribution in [0.25, 0.3) is 18.2 Å². The molecule has 0 bridgehead atoms.